The van der Waals surface area contributed by atoms with E-state index >= 15 is 0 Å². The van der Waals surface area contributed by atoms with Gasteiger partial charge < -0.3 is 19.7 Å². The van der Waals surface area contributed by atoms with Crippen LogP contribution in [0.2, 0.25) is 0 Å². The van der Waals surface area contributed by atoms with Crippen LogP contribution in [0.1, 0.15) is 142 Å². The maximum Gasteiger partial charge on any atom is 0.472 e. The van der Waals surface area contributed by atoms with E-state index in [1.165, 1.54) is 25.7 Å². The van der Waals surface area contributed by atoms with Gasteiger partial charge in [0.05, 0.1) is 13.2 Å². The molecule has 0 aliphatic rings. The molecule has 328 valence electrons. The minimum atomic E-state index is -4.38. The highest BCUT2D eigenvalue weighted by molar-refractivity contribution is 7.47. The van der Waals surface area contributed by atoms with Crippen molar-refractivity contribution in [3.63, 3.8) is 0 Å². The van der Waals surface area contributed by atoms with Crippen LogP contribution < -0.4 is 5.32 Å². The van der Waals surface area contributed by atoms with Crippen LogP contribution >= 0.6 is 7.82 Å². The first-order valence-electron chi connectivity index (χ1n) is 21.8. The molecule has 0 aromatic carbocycles. The molecular weight excluding hydrogens is 750 g/mol. The van der Waals surface area contributed by atoms with E-state index in [9.17, 15) is 19.0 Å². The molecule has 58 heavy (non-hydrogen) atoms. The Bertz CT molecular complexity index is 1310. The second-order valence-electron chi connectivity index (χ2n) is 13.8. The second-order valence-corrected chi connectivity index (χ2v) is 15.2. The lowest BCUT2D eigenvalue weighted by atomic mass is 10.1. The summed E-state index contributed by atoms with van der Waals surface area (Å²) < 4.78 is 33.1. The van der Waals surface area contributed by atoms with Crippen molar-refractivity contribution in [2.24, 2.45) is 0 Å². The lowest BCUT2D eigenvalue weighted by Crippen LogP contribution is -2.29. The van der Waals surface area contributed by atoms with Crippen LogP contribution in [0.15, 0.2) is 109 Å². The highest BCUT2D eigenvalue weighted by Gasteiger charge is 2.26. The zero-order chi connectivity index (χ0) is 42.5. The van der Waals surface area contributed by atoms with Gasteiger partial charge >= 0.3 is 19.8 Å². The summed E-state index contributed by atoms with van der Waals surface area (Å²) >= 11 is 0. The summed E-state index contributed by atoms with van der Waals surface area (Å²) in [4.78, 5) is 35.0. The number of allylic oxidation sites excluding steroid dienone is 18. The fourth-order valence-electron chi connectivity index (χ4n) is 5.10. The molecule has 0 bridgehead atoms. The SMILES string of the molecule is CC/C=C\C/C=C\C/C=C\C/C=C\C/C=C\CCCC(=O)OCC(COP(=O)(O)OCCNC)OC(=O)CCCCC/C=C\C/C=C\C/C=C\C/C=C\CCCCC. The van der Waals surface area contributed by atoms with Crippen molar-refractivity contribution in [2.75, 3.05) is 33.4 Å². The molecule has 10 heteroatoms. The van der Waals surface area contributed by atoms with E-state index in [2.05, 4.69) is 122 Å². The van der Waals surface area contributed by atoms with E-state index in [-0.39, 0.29) is 26.1 Å². The van der Waals surface area contributed by atoms with Crippen LogP contribution in [0.4, 0.5) is 0 Å². The lowest BCUT2D eigenvalue weighted by molar-refractivity contribution is -0.161. The van der Waals surface area contributed by atoms with Gasteiger partial charge in [-0.05, 0) is 103 Å². The van der Waals surface area contributed by atoms with Crippen molar-refractivity contribution >= 4 is 19.8 Å². The molecule has 0 saturated carbocycles. The highest BCUT2D eigenvalue weighted by Crippen LogP contribution is 2.43. The predicted molar refractivity (Wildman–Crippen MR) is 242 cm³/mol. The summed E-state index contributed by atoms with van der Waals surface area (Å²) in [5.41, 5.74) is 0. The Hall–Kier alpha value is -3.33. The van der Waals surface area contributed by atoms with E-state index in [0.29, 0.717) is 19.4 Å². The Morgan fingerprint density at radius 3 is 1.48 bits per heavy atom. The van der Waals surface area contributed by atoms with Gasteiger partial charge in [0.25, 0.3) is 0 Å². The number of phosphoric ester groups is 1. The van der Waals surface area contributed by atoms with Gasteiger partial charge in [-0.15, -0.1) is 0 Å². The molecule has 0 saturated heterocycles. The van der Waals surface area contributed by atoms with Crippen molar-refractivity contribution in [3.05, 3.63) is 109 Å². The number of rotatable bonds is 39. The number of carbonyl (C=O) groups excluding carboxylic acids is 2. The first kappa shape index (κ1) is 54.7. The third-order valence-electron chi connectivity index (χ3n) is 8.38. The molecule has 0 aromatic heterocycles. The lowest BCUT2D eigenvalue weighted by Gasteiger charge is -2.20. The van der Waals surface area contributed by atoms with Gasteiger partial charge in [0.15, 0.2) is 6.10 Å². The van der Waals surface area contributed by atoms with Gasteiger partial charge in [0, 0.05) is 19.4 Å². The van der Waals surface area contributed by atoms with E-state index in [1.54, 1.807) is 7.05 Å². The van der Waals surface area contributed by atoms with Gasteiger partial charge in [-0.2, -0.15) is 0 Å². The number of likely N-dealkylation sites (N-methyl/N-ethyl adjacent to an activating group) is 1. The first-order chi connectivity index (χ1) is 28.3. The number of esters is 2. The third-order valence-corrected chi connectivity index (χ3v) is 9.36. The Labute approximate surface area is 352 Å². The molecule has 0 fully saturated rings. The summed E-state index contributed by atoms with van der Waals surface area (Å²) in [5.74, 6) is -0.924. The molecule has 9 nitrogen and oxygen atoms in total. The smallest absolute Gasteiger partial charge is 0.462 e. The maximum atomic E-state index is 12.6. The van der Waals surface area contributed by atoms with Gasteiger partial charge in [0.2, 0.25) is 0 Å². The zero-order valence-corrected chi connectivity index (χ0v) is 37.1. The Morgan fingerprint density at radius 2 is 1.00 bits per heavy atom. The number of carbonyl (C=O) groups is 2. The number of hydrogen-bond acceptors (Lipinski definition) is 8. The Kier molecular flexibility index (Phi) is 40.8. The molecular formula is C48H78NO8P. The minimum absolute atomic E-state index is 0.0390. The fraction of sp³-hybridized carbons (Fsp3) is 0.583. The summed E-state index contributed by atoms with van der Waals surface area (Å²) in [6.45, 7) is 3.95. The van der Waals surface area contributed by atoms with Crippen LogP contribution in [-0.4, -0.2) is 56.3 Å². The Morgan fingerprint density at radius 1 is 0.552 bits per heavy atom. The minimum Gasteiger partial charge on any atom is -0.462 e. The van der Waals surface area contributed by atoms with Crippen molar-refractivity contribution in [1.82, 2.24) is 5.32 Å². The fourth-order valence-corrected chi connectivity index (χ4v) is 5.85. The molecule has 0 radical (unpaired) electrons. The van der Waals surface area contributed by atoms with E-state index in [4.69, 9.17) is 18.5 Å². The van der Waals surface area contributed by atoms with Gasteiger partial charge in [-0.1, -0.05) is 142 Å². The molecule has 0 spiro atoms. The second kappa shape index (κ2) is 43.3. The molecule has 0 aliphatic heterocycles. The van der Waals surface area contributed by atoms with Crippen LogP contribution in [0.3, 0.4) is 0 Å². The number of hydrogen-bond donors (Lipinski definition) is 2. The van der Waals surface area contributed by atoms with Gasteiger partial charge in [0.1, 0.15) is 6.61 Å². The molecule has 0 aromatic rings. The molecule has 2 N–H and O–H groups in total. The number of ether oxygens (including phenoxy) is 2. The third kappa shape index (κ3) is 42.3. The van der Waals surface area contributed by atoms with Crippen molar-refractivity contribution in [2.45, 2.75) is 148 Å². The summed E-state index contributed by atoms with van der Waals surface area (Å²) in [6, 6.07) is 0. The van der Waals surface area contributed by atoms with E-state index in [1.807, 2.05) is 6.08 Å². The molecule has 2 unspecified atom stereocenters. The van der Waals surface area contributed by atoms with E-state index in [0.717, 1.165) is 77.0 Å². The molecule has 0 amide bonds. The Balaban J connectivity index is 4.41. The van der Waals surface area contributed by atoms with Crippen LogP contribution in [0.5, 0.6) is 0 Å². The highest BCUT2D eigenvalue weighted by atomic mass is 31.2. The monoisotopic (exact) mass is 828 g/mol. The summed E-state index contributed by atoms with van der Waals surface area (Å²) in [6.07, 6.45) is 55.7. The van der Waals surface area contributed by atoms with Crippen molar-refractivity contribution in [1.29, 1.82) is 0 Å². The van der Waals surface area contributed by atoms with Gasteiger partial charge in [-0.3, -0.25) is 18.6 Å². The first-order valence-corrected chi connectivity index (χ1v) is 23.3. The predicted octanol–water partition coefficient (Wildman–Crippen LogP) is 12.6. The molecule has 2 atom stereocenters. The maximum absolute atomic E-state index is 12.6. The van der Waals surface area contributed by atoms with Crippen LogP contribution in [-0.2, 0) is 32.7 Å². The average Bonchev–Trinajstić information content (AvgIpc) is 3.21. The number of nitrogens with one attached hydrogen (secondary N) is 1. The summed E-state index contributed by atoms with van der Waals surface area (Å²) in [5, 5.41) is 2.81. The molecule has 0 rings (SSSR count). The van der Waals surface area contributed by atoms with Crippen molar-refractivity contribution in [3.8, 4) is 0 Å². The standard InChI is InChI=1S/C48H78NO8P/c1-4-6-8-10-12-14-16-18-20-22-23-25-27-29-31-33-35-37-39-41-48(51)57-46(45-56-58(52,53)55-43-42-49-3)44-54-47(50)40-38-36-34-32-30-28-26-24-21-19-17-15-13-11-9-7-5-2/h7,9,12-15,18-21,23,25-26,28-29,31-32,34,46,49H,4-6,8,10-11,16-17,22,24,27,30,33,35-45H2,1-3H3,(H,52,53)/b9-7-,14-12-,15-13-,20-18-,21-19-,25-23-,28-26-,31-29-,34-32-. The number of unbranched alkanes of at least 4 members (excludes halogenated alkanes) is 7. The van der Waals surface area contributed by atoms with Gasteiger partial charge in [-0.25, -0.2) is 4.57 Å². The van der Waals surface area contributed by atoms with Crippen LogP contribution in [0.25, 0.3) is 0 Å². The molecule has 0 heterocycles. The summed E-state index contributed by atoms with van der Waals surface area (Å²) in [7, 11) is -2.69. The number of phosphoric acid groups is 1. The topological polar surface area (TPSA) is 120 Å². The van der Waals surface area contributed by atoms with Crippen LogP contribution in [0, 0.1) is 0 Å². The zero-order valence-electron chi connectivity index (χ0n) is 36.2. The van der Waals surface area contributed by atoms with E-state index < -0.39 is 32.5 Å². The average molecular weight is 828 g/mol. The molecule has 0 aliphatic carbocycles. The normalized spacial score (nSPS) is 14.3. The quantitative estimate of drug-likeness (QED) is 0.0270. The van der Waals surface area contributed by atoms with Crippen molar-refractivity contribution < 1.29 is 37.6 Å². The largest absolute Gasteiger partial charge is 0.472 e.